The average molecular weight is 467 g/mol. The molecule has 1 spiro atoms. The number of piperidine rings is 1. The molecule has 3 saturated heterocycles. The van der Waals surface area contributed by atoms with Crippen molar-refractivity contribution in [2.75, 3.05) is 56.6 Å². The number of ether oxygens (including phenoxy) is 1. The van der Waals surface area contributed by atoms with E-state index in [1.807, 2.05) is 4.90 Å². The molecule has 3 aliphatic rings. The van der Waals surface area contributed by atoms with E-state index < -0.39 is 16.1 Å². The molecule has 3 heterocycles. The Bertz CT molecular complexity index is 897. The Morgan fingerprint density at radius 3 is 2.28 bits per heavy atom. The summed E-state index contributed by atoms with van der Waals surface area (Å²) in [5.41, 5.74) is 0.655. The molecule has 1 aromatic carbocycles. The second kappa shape index (κ2) is 9.72. The lowest BCUT2D eigenvalue weighted by Crippen LogP contribution is -2.47. The van der Waals surface area contributed by atoms with Gasteiger partial charge in [-0.2, -0.15) is 0 Å². The van der Waals surface area contributed by atoms with Crippen LogP contribution < -0.4 is 4.90 Å². The van der Waals surface area contributed by atoms with Crippen LogP contribution in [0.2, 0.25) is 0 Å². The molecule has 3 fully saturated rings. The van der Waals surface area contributed by atoms with Crippen LogP contribution in [0.4, 0.5) is 11.4 Å². The number of esters is 1. The summed E-state index contributed by atoms with van der Waals surface area (Å²) in [4.78, 5) is 29.5. The molecule has 0 aromatic heterocycles. The average Bonchev–Trinajstić information content (AvgIpc) is 3.09. The van der Waals surface area contributed by atoms with Crippen molar-refractivity contribution < 1.29 is 22.9 Å². The maximum atomic E-state index is 12.6. The topological polar surface area (TPSA) is 113 Å². The van der Waals surface area contributed by atoms with Gasteiger partial charge in [0.2, 0.25) is 0 Å². The highest BCUT2D eigenvalue weighted by Gasteiger charge is 2.50. The Morgan fingerprint density at radius 2 is 1.69 bits per heavy atom. The first-order valence-corrected chi connectivity index (χ1v) is 12.5. The maximum Gasteiger partial charge on any atom is 0.312 e. The Balaban J connectivity index is 1.21. The number of anilines is 1. The van der Waals surface area contributed by atoms with Gasteiger partial charge in [0.05, 0.1) is 16.2 Å². The summed E-state index contributed by atoms with van der Waals surface area (Å²) < 4.78 is 27.6. The molecule has 0 N–H and O–H groups in total. The third-order valence-corrected chi connectivity index (χ3v) is 7.65. The highest BCUT2D eigenvalue weighted by atomic mass is 32.2. The minimum Gasteiger partial charge on any atom is -0.462 e. The van der Waals surface area contributed by atoms with E-state index in [9.17, 15) is 23.3 Å². The number of thiol groups is 1. The van der Waals surface area contributed by atoms with E-state index in [1.54, 1.807) is 12.1 Å². The molecule has 0 unspecified atom stereocenters. The van der Waals surface area contributed by atoms with Crippen molar-refractivity contribution in [2.24, 2.45) is 5.41 Å². The number of nitrogens with zero attached hydrogens (tertiary/aromatic N) is 4. The van der Waals surface area contributed by atoms with Gasteiger partial charge in [-0.15, -0.1) is 0 Å². The molecule has 3 aliphatic heterocycles. The first kappa shape index (κ1) is 22.9. The van der Waals surface area contributed by atoms with E-state index >= 15 is 0 Å². The van der Waals surface area contributed by atoms with E-state index in [-0.39, 0.29) is 28.6 Å². The van der Waals surface area contributed by atoms with Crippen molar-refractivity contribution in [3.63, 3.8) is 0 Å². The van der Waals surface area contributed by atoms with Crippen molar-refractivity contribution in [1.82, 2.24) is 9.80 Å². The zero-order valence-electron chi connectivity index (χ0n) is 18.1. The van der Waals surface area contributed by atoms with Crippen molar-refractivity contribution >= 4 is 28.0 Å². The van der Waals surface area contributed by atoms with Crippen LogP contribution in [0.15, 0.2) is 24.3 Å². The zero-order chi connectivity index (χ0) is 22.7. The summed E-state index contributed by atoms with van der Waals surface area (Å²) in [5.74, 6) is -0.0490. The largest absolute Gasteiger partial charge is 0.462 e. The van der Waals surface area contributed by atoms with Gasteiger partial charge < -0.3 is 9.64 Å². The van der Waals surface area contributed by atoms with Crippen LogP contribution in [-0.4, -0.2) is 86.9 Å². The van der Waals surface area contributed by atoms with Gasteiger partial charge in [-0.05, 0) is 31.4 Å². The minimum atomic E-state index is -2.43. The van der Waals surface area contributed by atoms with Crippen molar-refractivity contribution in [1.29, 1.82) is 0 Å². The van der Waals surface area contributed by atoms with Gasteiger partial charge in [0.1, 0.15) is 6.10 Å². The standard InChI is InChI=1S/C21H30N4O6S/c26-20-21(6-9-23(10-7-21)16-32(29)30)15-19(31-20)5-8-22-11-13-24(14-12-22)17-1-3-18(4-2-17)25(27)28/h1-4,19,32H,5-16H2/t19-/m1/s1. The summed E-state index contributed by atoms with van der Waals surface area (Å²) in [7, 11) is -2.43. The number of hydrogen-bond acceptors (Lipinski definition) is 9. The van der Waals surface area contributed by atoms with E-state index in [4.69, 9.17) is 4.74 Å². The summed E-state index contributed by atoms with van der Waals surface area (Å²) in [6.07, 6.45) is 2.80. The molecule has 1 atom stereocenters. The Labute approximate surface area is 189 Å². The summed E-state index contributed by atoms with van der Waals surface area (Å²) in [5, 5.41) is 10.8. The van der Waals surface area contributed by atoms with Gasteiger partial charge in [0, 0.05) is 70.1 Å². The molecule has 11 heteroatoms. The Morgan fingerprint density at radius 1 is 1.03 bits per heavy atom. The fourth-order valence-corrected chi connectivity index (χ4v) is 5.64. The van der Waals surface area contributed by atoms with Gasteiger partial charge in [-0.3, -0.25) is 24.7 Å². The second-order valence-corrected chi connectivity index (χ2v) is 9.94. The number of nitro groups is 1. The third kappa shape index (κ3) is 5.21. The van der Waals surface area contributed by atoms with Crippen LogP contribution in [0.1, 0.15) is 25.7 Å². The maximum absolute atomic E-state index is 12.6. The van der Waals surface area contributed by atoms with E-state index in [1.165, 1.54) is 12.1 Å². The summed E-state index contributed by atoms with van der Waals surface area (Å²) in [6, 6.07) is 6.67. The van der Waals surface area contributed by atoms with Crippen molar-refractivity contribution in [3.05, 3.63) is 34.4 Å². The Hall–Kier alpha value is -2.24. The normalized spacial score (nSPS) is 24.2. The fourth-order valence-electron chi connectivity index (χ4n) is 5.03. The molecule has 10 nitrogen and oxygen atoms in total. The number of nitro benzene ring substituents is 1. The number of hydrogen-bond donors (Lipinski definition) is 1. The SMILES string of the molecule is O=C1O[C@H](CCN2CCN(c3ccc([N+](=O)[O-])cc3)CC2)CC12CCN(C[SH](=O)=O)CC2. The molecule has 32 heavy (non-hydrogen) atoms. The molecular formula is C21H30N4O6S. The summed E-state index contributed by atoms with van der Waals surface area (Å²) >= 11 is 0. The number of carbonyl (C=O) groups is 1. The molecule has 0 amide bonds. The highest BCUT2D eigenvalue weighted by molar-refractivity contribution is 7.72. The molecule has 0 radical (unpaired) electrons. The molecule has 1 aromatic rings. The van der Waals surface area contributed by atoms with Crippen molar-refractivity contribution in [3.8, 4) is 0 Å². The van der Waals surface area contributed by atoms with Crippen LogP contribution >= 0.6 is 0 Å². The predicted molar refractivity (Wildman–Crippen MR) is 119 cm³/mol. The van der Waals surface area contributed by atoms with E-state index in [2.05, 4.69) is 9.80 Å². The smallest absolute Gasteiger partial charge is 0.312 e. The number of carbonyl (C=O) groups excluding carboxylic acids is 1. The number of cyclic esters (lactones) is 1. The molecule has 176 valence electrons. The number of non-ortho nitro benzene ring substituents is 1. The first-order chi connectivity index (χ1) is 15.3. The van der Waals surface area contributed by atoms with Crippen LogP contribution in [0, 0.1) is 15.5 Å². The Kier molecular flexibility index (Phi) is 6.96. The van der Waals surface area contributed by atoms with Gasteiger partial charge >= 0.3 is 5.97 Å². The van der Waals surface area contributed by atoms with E-state index in [0.29, 0.717) is 25.9 Å². The fraction of sp³-hybridized carbons (Fsp3) is 0.667. The number of likely N-dealkylation sites (tertiary alicyclic amines) is 1. The lowest BCUT2D eigenvalue weighted by Gasteiger charge is -2.36. The van der Waals surface area contributed by atoms with Crippen molar-refractivity contribution in [2.45, 2.75) is 31.8 Å². The monoisotopic (exact) mass is 466 g/mol. The van der Waals surface area contributed by atoms with Crippen LogP contribution in [0.5, 0.6) is 0 Å². The van der Waals surface area contributed by atoms with Crippen LogP contribution in [-0.2, 0) is 20.2 Å². The summed E-state index contributed by atoms with van der Waals surface area (Å²) in [6.45, 7) is 5.60. The van der Waals surface area contributed by atoms with Crippen LogP contribution in [0.3, 0.4) is 0 Å². The predicted octanol–water partition coefficient (Wildman–Crippen LogP) is 1.07. The molecule has 0 aliphatic carbocycles. The number of rotatable bonds is 7. The molecular weight excluding hydrogens is 436 g/mol. The van der Waals surface area contributed by atoms with Gasteiger partial charge in [0.15, 0.2) is 10.7 Å². The van der Waals surface area contributed by atoms with Gasteiger partial charge in [0.25, 0.3) is 5.69 Å². The quantitative estimate of drug-likeness (QED) is 0.273. The molecule has 0 bridgehead atoms. The minimum absolute atomic E-state index is 0.0652. The third-order valence-electron chi connectivity index (χ3n) is 7.02. The zero-order valence-corrected chi connectivity index (χ0v) is 19.0. The van der Waals surface area contributed by atoms with Gasteiger partial charge in [-0.1, -0.05) is 0 Å². The number of piperazine rings is 1. The molecule has 0 saturated carbocycles. The molecule has 4 rings (SSSR count). The van der Waals surface area contributed by atoms with E-state index in [0.717, 1.165) is 51.3 Å². The first-order valence-electron chi connectivity index (χ1n) is 11.1. The highest BCUT2D eigenvalue weighted by Crippen LogP contribution is 2.43. The number of benzene rings is 1. The lowest BCUT2D eigenvalue weighted by atomic mass is 9.76. The van der Waals surface area contributed by atoms with Crippen LogP contribution in [0.25, 0.3) is 0 Å². The lowest BCUT2D eigenvalue weighted by molar-refractivity contribution is -0.384. The van der Waals surface area contributed by atoms with Gasteiger partial charge in [-0.25, -0.2) is 8.42 Å². The second-order valence-electron chi connectivity index (χ2n) is 8.99.